The molecule has 0 bridgehead atoms. The number of carbonyl (C=O) groups excluding carboxylic acids is 1. The molecule has 0 fully saturated rings. The van der Waals surface area contributed by atoms with Crippen molar-refractivity contribution in [2.75, 3.05) is 5.32 Å². The molecule has 7 nitrogen and oxygen atoms in total. The van der Waals surface area contributed by atoms with Gasteiger partial charge in [0.1, 0.15) is 5.69 Å². The first-order chi connectivity index (χ1) is 13.4. The van der Waals surface area contributed by atoms with Crippen molar-refractivity contribution >= 4 is 22.5 Å². The van der Waals surface area contributed by atoms with E-state index in [2.05, 4.69) is 45.1 Å². The molecule has 0 spiro atoms. The summed E-state index contributed by atoms with van der Waals surface area (Å²) in [4.78, 5) is 12.8. The standard InChI is InChI=1S/C21H24N6O/c1-12(2)27-10-9-15-16(7-6-8-19(15)27)22-21(28)18-11-17(23-24-18)20-13(3)25-26(5)14(20)4/h6-12H,1-5H3,(H,22,28)(H,23,24). The maximum Gasteiger partial charge on any atom is 0.273 e. The van der Waals surface area contributed by atoms with Gasteiger partial charge in [-0.1, -0.05) is 6.07 Å². The number of nitrogens with zero attached hydrogens (tertiary/aromatic N) is 4. The van der Waals surface area contributed by atoms with E-state index in [0.29, 0.717) is 11.7 Å². The lowest BCUT2D eigenvalue weighted by atomic mass is 10.1. The van der Waals surface area contributed by atoms with Crippen LogP contribution in [-0.2, 0) is 7.05 Å². The van der Waals surface area contributed by atoms with Gasteiger partial charge < -0.3 is 9.88 Å². The van der Waals surface area contributed by atoms with Crippen molar-refractivity contribution in [3.8, 4) is 11.3 Å². The van der Waals surface area contributed by atoms with Crippen molar-refractivity contribution in [3.05, 3.63) is 53.6 Å². The molecule has 1 aromatic carbocycles. The molecule has 3 heterocycles. The van der Waals surface area contributed by atoms with E-state index < -0.39 is 0 Å². The maximum absolute atomic E-state index is 12.8. The Hall–Kier alpha value is -3.35. The second kappa shape index (κ2) is 6.67. The van der Waals surface area contributed by atoms with Gasteiger partial charge in [0.05, 0.1) is 22.6 Å². The van der Waals surface area contributed by atoms with Crippen LogP contribution in [0.15, 0.2) is 36.5 Å². The molecule has 2 N–H and O–H groups in total. The summed E-state index contributed by atoms with van der Waals surface area (Å²) in [6, 6.07) is 10.1. The molecule has 0 unspecified atom stereocenters. The molecule has 0 aliphatic carbocycles. The first-order valence-electron chi connectivity index (χ1n) is 9.33. The smallest absolute Gasteiger partial charge is 0.273 e. The maximum atomic E-state index is 12.8. The van der Waals surface area contributed by atoms with E-state index in [1.54, 1.807) is 6.07 Å². The fourth-order valence-electron chi connectivity index (χ4n) is 3.65. The summed E-state index contributed by atoms with van der Waals surface area (Å²) in [6.07, 6.45) is 2.05. The van der Waals surface area contributed by atoms with E-state index >= 15 is 0 Å². The fraction of sp³-hybridized carbons (Fsp3) is 0.286. The third-order valence-corrected chi connectivity index (χ3v) is 5.16. The van der Waals surface area contributed by atoms with Crippen LogP contribution in [0, 0.1) is 13.8 Å². The Labute approximate surface area is 163 Å². The highest BCUT2D eigenvalue weighted by Gasteiger charge is 2.18. The van der Waals surface area contributed by atoms with Crippen LogP contribution in [0.3, 0.4) is 0 Å². The minimum Gasteiger partial charge on any atom is -0.345 e. The number of aryl methyl sites for hydroxylation is 2. The van der Waals surface area contributed by atoms with Crippen LogP contribution in [0.25, 0.3) is 22.2 Å². The molecule has 0 aliphatic heterocycles. The van der Waals surface area contributed by atoms with E-state index in [1.807, 2.05) is 50.0 Å². The third-order valence-electron chi connectivity index (χ3n) is 5.16. The summed E-state index contributed by atoms with van der Waals surface area (Å²) in [5.74, 6) is -0.220. The van der Waals surface area contributed by atoms with E-state index in [-0.39, 0.29) is 5.91 Å². The summed E-state index contributed by atoms with van der Waals surface area (Å²) in [7, 11) is 1.90. The van der Waals surface area contributed by atoms with Gasteiger partial charge in [0.2, 0.25) is 0 Å². The van der Waals surface area contributed by atoms with Crippen LogP contribution in [0.4, 0.5) is 5.69 Å². The molecule has 0 saturated carbocycles. The predicted octanol–water partition coefficient (Wildman–Crippen LogP) is 4.21. The fourth-order valence-corrected chi connectivity index (χ4v) is 3.65. The Bertz CT molecular complexity index is 1180. The zero-order valence-corrected chi connectivity index (χ0v) is 16.7. The Balaban J connectivity index is 1.64. The van der Waals surface area contributed by atoms with Crippen LogP contribution >= 0.6 is 0 Å². The number of nitrogens with one attached hydrogen (secondary N) is 2. The molecule has 28 heavy (non-hydrogen) atoms. The number of hydrogen-bond donors (Lipinski definition) is 2. The number of benzene rings is 1. The van der Waals surface area contributed by atoms with Gasteiger partial charge in [0, 0.05) is 35.9 Å². The lowest BCUT2D eigenvalue weighted by Crippen LogP contribution is -2.12. The van der Waals surface area contributed by atoms with E-state index in [9.17, 15) is 4.79 Å². The van der Waals surface area contributed by atoms with Crippen molar-refractivity contribution in [1.29, 1.82) is 0 Å². The van der Waals surface area contributed by atoms with Crippen LogP contribution in [0.2, 0.25) is 0 Å². The number of H-pyrrole nitrogens is 1. The number of aromatic nitrogens is 5. The summed E-state index contributed by atoms with van der Waals surface area (Å²) >= 11 is 0. The second-order valence-corrected chi connectivity index (χ2v) is 7.35. The Morgan fingerprint density at radius 1 is 1.21 bits per heavy atom. The summed E-state index contributed by atoms with van der Waals surface area (Å²) in [6.45, 7) is 8.21. The highest BCUT2D eigenvalue weighted by Crippen LogP contribution is 2.28. The third kappa shape index (κ3) is 2.89. The zero-order chi connectivity index (χ0) is 20.0. The van der Waals surface area contributed by atoms with Gasteiger partial charge in [-0.2, -0.15) is 10.2 Å². The predicted molar refractivity (Wildman–Crippen MR) is 111 cm³/mol. The SMILES string of the molecule is Cc1nn(C)c(C)c1-c1cc(C(=O)Nc2cccc3c2ccn3C(C)C)[nH]n1. The number of carbonyl (C=O) groups is 1. The van der Waals surface area contributed by atoms with Gasteiger partial charge >= 0.3 is 0 Å². The summed E-state index contributed by atoms with van der Waals surface area (Å²) < 4.78 is 4.01. The van der Waals surface area contributed by atoms with Crippen LogP contribution in [-0.4, -0.2) is 30.5 Å². The van der Waals surface area contributed by atoms with Crippen molar-refractivity contribution in [3.63, 3.8) is 0 Å². The number of hydrogen-bond acceptors (Lipinski definition) is 3. The first kappa shape index (κ1) is 18.0. The molecule has 7 heteroatoms. The second-order valence-electron chi connectivity index (χ2n) is 7.35. The molecule has 4 rings (SSSR count). The quantitative estimate of drug-likeness (QED) is 0.560. The van der Waals surface area contributed by atoms with Crippen molar-refractivity contribution in [2.45, 2.75) is 33.7 Å². The number of aromatic amines is 1. The Kier molecular flexibility index (Phi) is 4.30. The molecule has 144 valence electrons. The molecule has 0 radical (unpaired) electrons. The van der Waals surface area contributed by atoms with Gasteiger partial charge in [-0.05, 0) is 52.0 Å². The molecular weight excluding hydrogens is 352 g/mol. The molecule has 0 atom stereocenters. The largest absolute Gasteiger partial charge is 0.345 e. The molecule has 0 saturated heterocycles. The number of anilines is 1. The Morgan fingerprint density at radius 3 is 2.68 bits per heavy atom. The van der Waals surface area contributed by atoms with Crippen LogP contribution < -0.4 is 5.32 Å². The summed E-state index contributed by atoms with van der Waals surface area (Å²) in [5, 5.41) is 15.6. The number of amides is 1. The van der Waals surface area contributed by atoms with Gasteiger partial charge in [0.15, 0.2) is 0 Å². The number of rotatable bonds is 4. The zero-order valence-electron chi connectivity index (χ0n) is 16.7. The summed E-state index contributed by atoms with van der Waals surface area (Å²) in [5.41, 5.74) is 5.87. The normalized spacial score (nSPS) is 11.5. The van der Waals surface area contributed by atoms with Crippen molar-refractivity contribution in [2.24, 2.45) is 7.05 Å². The average Bonchev–Trinajstić information content (AvgIpc) is 3.34. The van der Waals surface area contributed by atoms with E-state index in [1.165, 1.54) is 0 Å². The number of fused-ring (bicyclic) bond motifs is 1. The highest BCUT2D eigenvalue weighted by atomic mass is 16.1. The first-order valence-corrected chi connectivity index (χ1v) is 9.33. The van der Waals surface area contributed by atoms with Gasteiger partial charge in [-0.15, -0.1) is 0 Å². The molecular formula is C21H24N6O. The average molecular weight is 376 g/mol. The molecule has 1 amide bonds. The lowest BCUT2D eigenvalue weighted by molar-refractivity contribution is 0.102. The van der Waals surface area contributed by atoms with Crippen molar-refractivity contribution < 1.29 is 4.79 Å². The van der Waals surface area contributed by atoms with Crippen molar-refractivity contribution in [1.82, 2.24) is 24.5 Å². The molecule has 4 aromatic rings. The van der Waals surface area contributed by atoms with Crippen LogP contribution in [0.5, 0.6) is 0 Å². The highest BCUT2D eigenvalue weighted by molar-refractivity contribution is 6.08. The lowest BCUT2D eigenvalue weighted by Gasteiger charge is -2.10. The van der Waals surface area contributed by atoms with E-state index in [4.69, 9.17) is 0 Å². The molecule has 0 aliphatic rings. The minimum absolute atomic E-state index is 0.220. The van der Waals surface area contributed by atoms with Crippen LogP contribution in [0.1, 0.15) is 41.8 Å². The Morgan fingerprint density at radius 2 is 2.00 bits per heavy atom. The molecule has 3 aromatic heterocycles. The van der Waals surface area contributed by atoms with Gasteiger partial charge in [-0.3, -0.25) is 14.6 Å². The topological polar surface area (TPSA) is 80.5 Å². The van der Waals surface area contributed by atoms with E-state index in [0.717, 1.165) is 39.2 Å². The minimum atomic E-state index is -0.220. The van der Waals surface area contributed by atoms with Gasteiger partial charge in [0.25, 0.3) is 5.91 Å². The van der Waals surface area contributed by atoms with Gasteiger partial charge in [-0.25, -0.2) is 0 Å². The monoisotopic (exact) mass is 376 g/mol.